The van der Waals surface area contributed by atoms with Gasteiger partial charge in [0.15, 0.2) is 0 Å². The molecule has 3 rings (SSSR count). The van der Waals surface area contributed by atoms with Gasteiger partial charge in [-0.05, 0) is 73.1 Å². The zero-order chi connectivity index (χ0) is 19.6. The molecule has 28 heavy (non-hydrogen) atoms. The number of unbranched alkanes of at least 4 members (excludes halogenated alkanes) is 1. The molecule has 0 radical (unpaired) electrons. The molecule has 1 aliphatic carbocycles. The van der Waals surface area contributed by atoms with Gasteiger partial charge in [0.2, 0.25) is 0 Å². The number of hydrogen-bond acceptors (Lipinski definition) is 1. The fourth-order valence-corrected chi connectivity index (χ4v) is 3.86. The van der Waals surface area contributed by atoms with Gasteiger partial charge < -0.3 is 4.74 Å². The molecule has 0 aromatic heterocycles. The molecular weight excluding hydrogens is 340 g/mol. The lowest BCUT2D eigenvalue weighted by Gasteiger charge is -2.26. The Hall–Kier alpha value is -2.20. The highest BCUT2D eigenvalue weighted by atomic mass is 16.5. The molecule has 1 heteroatoms. The average Bonchev–Trinajstić information content (AvgIpc) is 2.74. The average molecular weight is 375 g/mol. The van der Waals surface area contributed by atoms with Gasteiger partial charge >= 0.3 is 0 Å². The van der Waals surface area contributed by atoms with E-state index in [1.807, 2.05) is 24.3 Å². The molecule has 1 saturated carbocycles. The van der Waals surface area contributed by atoms with Crippen molar-refractivity contribution in [1.82, 2.24) is 0 Å². The summed E-state index contributed by atoms with van der Waals surface area (Å²) >= 11 is 0. The van der Waals surface area contributed by atoms with Gasteiger partial charge in [0, 0.05) is 11.1 Å². The van der Waals surface area contributed by atoms with Crippen LogP contribution in [0, 0.1) is 23.7 Å². The van der Waals surface area contributed by atoms with Crippen LogP contribution in [0.4, 0.5) is 0 Å². The molecule has 0 atom stereocenters. The predicted molar refractivity (Wildman–Crippen MR) is 119 cm³/mol. The number of aryl methyl sites for hydroxylation is 1. The SMILES string of the molecule is CCCCOc1ccc(C#Cc2ccc(CC[C@H]3CC[C@H](C)CC3)cc2)cc1. The van der Waals surface area contributed by atoms with Crippen LogP contribution in [0.15, 0.2) is 48.5 Å². The van der Waals surface area contributed by atoms with E-state index in [9.17, 15) is 0 Å². The van der Waals surface area contributed by atoms with Crippen LogP contribution in [0.2, 0.25) is 0 Å². The fourth-order valence-electron chi connectivity index (χ4n) is 3.86. The van der Waals surface area contributed by atoms with Gasteiger partial charge in [0.05, 0.1) is 6.61 Å². The van der Waals surface area contributed by atoms with Crippen LogP contribution in [-0.2, 0) is 6.42 Å². The minimum atomic E-state index is 0.785. The Morgan fingerprint density at radius 1 is 0.857 bits per heavy atom. The molecule has 148 valence electrons. The second-order valence-corrected chi connectivity index (χ2v) is 8.34. The van der Waals surface area contributed by atoms with Gasteiger partial charge in [-0.3, -0.25) is 0 Å². The summed E-state index contributed by atoms with van der Waals surface area (Å²) in [6.07, 6.45) is 10.5. The van der Waals surface area contributed by atoms with Crippen molar-refractivity contribution in [2.45, 2.75) is 65.2 Å². The highest BCUT2D eigenvalue weighted by Gasteiger charge is 2.17. The van der Waals surface area contributed by atoms with E-state index in [0.717, 1.165) is 48.2 Å². The van der Waals surface area contributed by atoms with Crippen molar-refractivity contribution in [2.24, 2.45) is 11.8 Å². The van der Waals surface area contributed by atoms with Crippen LogP contribution >= 0.6 is 0 Å². The molecule has 0 saturated heterocycles. The van der Waals surface area contributed by atoms with Crippen molar-refractivity contribution in [3.63, 3.8) is 0 Å². The summed E-state index contributed by atoms with van der Waals surface area (Å²) in [7, 11) is 0. The summed E-state index contributed by atoms with van der Waals surface area (Å²) in [5.74, 6) is 9.34. The lowest BCUT2D eigenvalue weighted by atomic mass is 9.80. The Bertz CT molecular complexity index is 753. The summed E-state index contributed by atoms with van der Waals surface area (Å²) in [4.78, 5) is 0. The summed E-state index contributed by atoms with van der Waals surface area (Å²) in [6.45, 7) is 5.35. The van der Waals surface area contributed by atoms with Crippen molar-refractivity contribution >= 4 is 0 Å². The zero-order valence-corrected chi connectivity index (χ0v) is 17.5. The molecule has 0 amide bonds. The number of rotatable bonds is 7. The van der Waals surface area contributed by atoms with Gasteiger partial charge in [0.1, 0.15) is 5.75 Å². The van der Waals surface area contributed by atoms with Gasteiger partial charge in [-0.1, -0.05) is 69.9 Å². The Balaban J connectivity index is 1.47. The molecule has 0 heterocycles. The van der Waals surface area contributed by atoms with Crippen LogP contribution < -0.4 is 4.74 Å². The third-order valence-corrected chi connectivity index (χ3v) is 5.90. The standard InChI is InChI=1S/C27H34O/c1-3-4-21-28-27-19-17-26(18-20-27)16-15-25-13-11-24(12-14-25)10-9-23-7-5-22(2)6-8-23/h11-14,17-20,22-23H,3-10,21H2,1-2H3/t22-,23-. The van der Waals surface area contributed by atoms with E-state index in [0.29, 0.717) is 0 Å². The van der Waals surface area contributed by atoms with E-state index in [1.165, 1.54) is 44.1 Å². The zero-order valence-electron chi connectivity index (χ0n) is 17.5. The van der Waals surface area contributed by atoms with E-state index < -0.39 is 0 Å². The van der Waals surface area contributed by atoms with Gasteiger partial charge in [-0.25, -0.2) is 0 Å². The van der Waals surface area contributed by atoms with Crippen molar-refractivity contribution in [3.05, 3.63) is 65.2 Å². The predicted octanol–water partition coefficient (Wildman–Crippen LogP) is 7.02. The van der Waals surface area contributed by atoms with E-state index >= 15 is 0 Å². The normalized spacial score (nSPS) is 18.9. The first-order chi connectivity index (χ1) is 13.7. The Labute approximate surface area is 171 Å². The lowest BCUT2D eigenvalue weighted by molar-refractivity contribution is 0.278. The molecule has 1 aliphatic rings. The van der Waals surface area contributed by atoms with E-state index in [2.05, 4.69) is 50.0 Å². The van der Waals surface area contributed by atoms with Gasteiger partial charge in [0.25, 0.3) is 0 Å². The second kappa shape index (κ2) is 11.0. The van der Waals surface area contributed by atoms with Crippen LogP contribution in [0.5, 0.6) is 5.75 Å². The summed E-state index contributed by atoms with van der Waals surface area (Å²) in [6, 6.07) is 16.9. The third kappa shape index (κ3) is 6.75. The lowest BCUT2D eigenvalue weighted by Crippen LogP contribution is -2.12. The first kappa shape index (κ1) is 20.5. The first-order valence-corrected chi connectivity index (χ1v) is 11.1. The summed E-state index contributed by atoms with van der Waals surface area (Å²) in [5.41, 5.74) is 3.55. The molecule has 2 aromatic carbocycles. The van der Waals surface area contributed by atoms with Crippen molar-refractivity contribution in [2.75, 3.05) is 6.61 Å². The minimum Gasteiger partial charge on any atom is -0.494 e. The molecule has 0 aliphatic heterocycles. The quantitative estimate of drug-likeness (QED) is 0.373. The van der Waals surface area contributed by atoms with Crippen LogP contribution in [0.3, 0.4) is 0 Å². The van der Waals surface area contributed by atoms with Crippen LogP contribution in [-0.4, -0.2) is 6.61 Å². The highest BCUT2D eigenvalue weighted by molar-refractivity contribution is 5.44. The Morgan fingerprint density at radius 2 is 1.46 bits per heavy atom. The van der Waals surface area contributed by atoms with E-state index in [-0.39, 0.29) is 0 Å². The molecule has 1 nitrogen and oxygen atoms in total. The van der Waals surface area contributed by atoms with E-state index in [4.69, 9.17) is 4.74 Å². The largest absolute Gasteiger partial charge is 0.494 e. The topological polar surface area (TPSA) is 9.23 Å². The summed E-state index contributed by atoms with van der Waals surface area (Å²) in [5, 5.41) is 0. The fraction of sp³-hybridized carbons (Fsp3) is 0.481. The number of ether oxygens (including phenoxy) is 1. The van der Waals surface area contributed by atoms with Gasteiger partial charge in [-0.15, -0.1) is 0 Å². The van der Waals surface area contributed by atoms with Crippen molar-refractivity contribution < 1.29 is 4.74 Å². The Morgan fingerprint density at radius 3 is 2.07 bits per heavy atom. The van der Waals surface area contributed by atoms with Crippen molar-refractivity contribution in [3.8, 4) is 17.6 Å². The molecule has 0 spiro atoms. The Kier molecular flexibility index (Phi) is 8.04. The molecule has 0 bridgehead atoms. The second-order valence-electron chi connectivity index (χ2n) is 8.34. The smallest absolute Gasteiger partial charge is 0.119 e. The minimum absolute atomic E-state index is 0.785. The van der Waals surface area contributed by atoms with Crippen LogP contribution in [0.1, 0.15) is 75.5 Å². The molecule has 1 fully saturated rings. The monoisotopic (exact) mass is 374 g/mol. The molecule has 0 N–H and O–H groups in total. The van der Waals surface area contributed by atoms with Gasteiger partial charge in [-0.2, -0.15) is 0 Å². The first-order valence-electron chi connectivity index (χ1n) is 11.1. The van der Waals surface area contributed by atoms with Crippen molar-refractivity contribution in [1.29, 1.82) is 0 Å². The number of hydrogen-bond donors (Lipinski definition) is 0. The maximum atomic E-state index is 5.70. The molecule has 2 aromatic rings. The molecular formula is C27H34O. The maximum Gasteiger partial charge on any atom is 0.119 e. The highest BCUT2D eigenvalue weighted by Crippen LogP contribution is 2.31. The summed E-state index contributed by atoms with van der Waals surface area (Å²) < 4.78 is 5.70. The third-order valence-electron chi connectivity index (χ3n) is 5.90. The molecule has 0 unspecified atom stereocenters. The van der Waals surface area contributed by atoms with Crippen LogP contribution in [0.25, 0.3) is 0 Å². The maximum absolute atomic E-state index is 5.70. The number of benzene rings is 2. The van der Waals surface area contributed by atoms with E-state index in [1.54, 1.807) is 0 Å².